The van der Waals surface area contributed by atoms with E-state index in [1.807, 2.05) is 42.5 Å². The number of guanidine groups is 1. The van der Waals surface area contributed by atoms with E-state index < -0.39 is 0 Å². The van der Waals surface area contributed by atoms with Crippen LogP contribution >= 0.6 is 11.6 Å². The van der Waals surface area contributed by atoms with Crippen molar-refractivity contribution in [2.45, 2.75) is 19.4 Å². The lowest BCUT2D eigenvalue weighted by molar-refractivity contribution is 0.414. The monoisotopic (exact) mass is 412 g/mol. The molecule has 0 spiro atoms. The summed E-state index contributed by atoms with van der Waals surface area (Å²) in [6, 6.07) is 15.6. The zero-order valence-electron chi connectivity index (χ0n) is 16.4. The molecule has 152 valence electrons. The minimum atomic E-state index is 0.503. The summed E-state index contributed by atoms with van der Waals surface area (Å²) in [5, 5.41) is 7.25. The Labute approximate surface area is 176 Å². The van der Waals surface area contributed by atoms with Crippen molar-refractivity contribution in [3.63, 3.8) is 0 Å². The number of pyridine rings is 1. The predicted octanol–water partition coefficient (Wildman–Crippen LogP) is 3.86. The molecule has 3 rings (SSSR count). The lowest BCUT2D eigenvalue weighted by Gasteiger charge is -2.12. The van der Waals surface area contributed by atoms with Crippen molar-refractivity contribution < 1.29 is 9.15 Å². The summed E-state index contributed by atoms with van der Waals surface area (Å²) in [7, 11) is 1.66. The molecule has 0 aliphatic carbocycles. The molecule has 2 N–H and O–H groups in total. The topological polar surface area (TPSA) is 71.7 Å². The third kappa shape index (κ3) is 7.16. The maximum atomic E-state index is 5.84. The number of rotatable bonds is 9. The molecule has 0 bridgehead atoms. The number of nitrogens with one attached hydrogen (secondary N) is 2. The number of aliphatic imine (C=N–C) groups is 1. The highest BCUT2D eigenvalue weighted by atomic mass is 35.5. The third-order valence-electron chi connectivity index (χ3n) is 4.32. The summed E-state index contributed by atoms with van der Waals surface area (Å²) >= 11 is 5.84. The van der Waals surface area contributed by atoms with Gasteiger partial charge in [-0.15, -0.1) is 0 Å². The average molecular weight is 413 g/mol. The van der Waals surface area contributed by atoms with Crippen LogP contribution in [0.1, 0.15) is 16.9 Å². The van der Waals surface area contributed by atoms with Crippen LogP contribution in [0.5, 0.6) is 5.75 Å². The molecule has 2 aromatic heterocycles. The van der Waals surface area contributed by atoms with Crippen LogP contribution in [0.4, 0.5) is 0 Å². The number of ether oxygens (including phenoxy) is 1. The lowest BCUT2D eigenvalue weighted by Crippen LogP contribution is -2.39. The Morgan fingerprint density at radius 2 is 1.79 bits per heavy atom. The molecule has 0 saturated heterocycles. The fourth-order valence-corrected chi connectivity index (χ4v) is 2.83. The number of aromatic nitrogens is 1. The molecule has 0 saturated carbocycles. The van der Waals surface area contributed by atoms with E-state index in [2.05, 4.69) is 15.6 Å². The van der Waals surface area contributed by atoms with E-state index >= 15 is 0 Å². The second-order valence-corrected chi connectivity index (χ2v) is 6.82. The van der Waals surface area contributed by atoms with Crippen LogP contribution in [0.15, 0.2) is 70.4 Å². The van der Waals surface area contributed by atoms with E-state index in [1.54, 1.807) is 25.6 Å². The number of halogens is 1. The Bertz CT molecular complexity index is 878. The zero-order valence-corrected chi connectivity index (χ0v) is 17.2. The van der Waals surface area contributed by atoms with Gasteiger partial charge in [-0.05, 0) is 47.9 Å². The zero-order chi connectivity index (χ0) is 20.3. The van der Waals surface area contributed by atoms with Gasteiger partial charge in [-0.1, -0.05) is 29.8 Å². The molecular formula is C22H25ClN4O2. The Kier molecular flexibility index (Phi) is 7.95. The van der Waals surface area contributed by atoms with Crippen LogP contribution in [0.2, 0.25) is 5.15 Å². The first-order chi connectivity index (χ1) is 14.2. The average Bonchev–Trinajstić information content (AvgIpc) is 3.27. The predicted molar refractivity (Wildman–Crippen MR) is 116 cm³/mol. The Morgan fingerprint density at radius 3 is 2.45 bits per heavy atom. The fourth-order valence-electron chi connectivity index (χ4n) is 2.71. The molecule has 0 amide bonds. The number of hydrogen-bond acceptors (Lipinski definition) is 4. The standard InChI is InChI=1S/C22H25ClN4O2/c1-28-19-7-4-17(5-8-19)16-27-22(25-13-11-20-3-2-14-29-20)24-12-10-18-6-9-21(23)26-15-18/h2-9,14-15H,10-13,16H2,1H3,(H2,24,25,27). The third-order valence-corrected chi connectivity index (χ3v) is 4.54. The molecule has 6 nitrogen and oxygen atoms in total. The largest absolute Gasteiger partial charge is 0.497 e. The second kappa shape index (κ2) is 11.1. The van der Waals surface area contributed by atoms with Crippen LogP contribution in [0.3, 0.4) is 0 Å². The maximum Gasteiger partial charge on any atom is 0.191 e. The first-order valence-corrected chi connectivity index (χ1v) is 9.88. The van der Waals surface area contributed by atoms with Gasteiger partial charge in [0.25, 0.3) is 0 Å². The Morgan fingerprint density at radius 1 is 1.03 bits per heavy atom. The molecule has 0 unspecified atom stereocenters. The molecule has 0 atom stereocenters. The minimum absolute atomic E-state index is 0.503. The van der Waals surface area contributed by atoms with Crippen molar-refractivity contribution in [3.8, 4) is 5.75 Å². The van der Waals surface area contributed by atoms with E-state index in [-0.39, 0.29) is 0 Å². The van der Waals surface area contributed by atoms with Crippen molar-refractivity contribution >= 4 is 17.6 Å². The molecule has 29 heavy (non-hydrogen) atoms. The van der Waals surface area contributed by atoms with Crippen LogP contribution < -0.4 is 15.4 Å². The van der Waals surface area contributed by atoms with Gasteiger partial charge in [0.15, 0.2) is 5.96 Å². The summed E-state index contributed by atoms with van der Waals surface area (Å²) in [5.74, 6) is 2.54. The molecule has 0 fully saturated rings. The van der Waals surface area contributed by atoms with E-state index in [1.165, 1.54) is 0 Å². The smallest absolute Gasteiger partial charge is 0.191 e. The number of furan rings is 1. The molecule has 0 aliphatic heterocycles. The van der Waals surface area contributed by atoms with Gasteiger partial charge in [-0.2, -0.15) is 0 Å². The van der Waals surface area contributed by atoms with Crippen molar-refractivity contribution in [2.24, 2.45) is 4.99 Å². The van der Waals surface area contributed by atoms with Crippen LogP contribution in [0, 0.1) is 0 Å². The number of nitrogens with zero attached hydrogens (tertiary/aromatic N) is 2. The van der Waals surface area contributed by atoms with Crippen molar-refractivity contribution in [1.29, 1.82) is 0 Å². The van der Waals surface area contributed by atoms with Crippen LogP contribution in [-0.4, -0.2) is 31.1 Å². The van der Waals surface area contributed by atoms with Crippen LogP contribution in [0.25, 0.3) is 0 Å². The van der Waals surface area contributed by atoms with E-state index in [9.17, 15) is 0 Å². The van der Waals surface area contributed by atoms with Gasteiger partial charge in [0.05, 0.1) is 19.9 Å². The van der Waals surface area contributed by atoms with Gasteiger partial charge in [0, 0.05) is 25.7 Å². The fraction of sp³-hybridized carbons (Fsp3) is 0.273. The maximum absolute atomic E-state index is 5.84. The second-order valence-electron chi connectivity index (χ2n) is 6.43. The molecule has 0 radical (unpaired) electrons. The molecule has 0 aliphatic rings. The first kappa shape index (κ1) is 20.7. The lowest BCUT2D eigenvalue weighted by atomic mass is 10.2. The highest BCUT2D eigenvalue weighted by molar-refractivity contribution is 6.29. The number of methoxy groups -OCH3 is 1. The van der Waals surface area contributed by atoms with Gasteiger partial charge in [0.2, 0.25) is 0 Å². The van der Waals surface area contributed by atoms with Gasteiger partial charge >= 0.3 is 0 Å². The van der Waals surface area contributed by atoms with Gasteiger partial charge < -0.3 is 19.8 Å². The molecule has 7 heteroatoms. The number of hydrogen-bond donors (Lipinski definition) is 2. The molecule has 2 heterocycles. The molecule has 3 aromatic rings. The highest BCUT2D eigenvalue weighted by Gasteiger charge is 2.02. The van der Waals surface area contributed by atoms with Crippen molar-refractivity contribution in [2.75, 3.05) is 20.2 Å². The van der Waals surface area contributed by atoms with Crippen LogP contribution in [-0.2, 0) is 19.4 Å². The Hall–Kier alpha value is -2.99. The summed E-state index contributed by atoms with van der Waals surface area (Å²) in [6.45, 7) is 2.03. The molecule has 1 aromatic carbocycles. The highest BCUT2D eigenvalue weighted by Crippen LogP contribution is 2.12. The summed E-state index contributed by atoms with van der Waals surface area (Å²) < 4.78 is 10.6. The Balaban J connectivity index is 1.55. The van der Waals surface area contributed by atoms with E-state index in [4.69, 9.17) is 25.7 Å². The SMILES string of the molecule is COc1ccc(CN=C(NCCc2ccc(Cl)nc2)NCCc2ccco2)cc1. The normalized spacial score (nSPS) is 11.3. The van der Waals surface area contributed by atoms with Gasteiger partial charge in [-0.3, -0.25) is 0 Å². The van der Waals surface area contributed by atoms with Gasteiger partial charge in [0.1, 0.15) is 16.7 Å². The molecular weight excluding hydrogens is 388 g/mol. The van der Waals surface area contributed by atoms with E-state index in [0.29, 0.717) is 11.7 Å². The summed E-state index contributed by atoms with van der Waals surface area (Å²) in [5.41, 5.74) is 2.23. The minimum Gasteiger partial charge on any atom is -0.497 e. The van der Waals surface area contributed by atoms with Crippen molar-refractivity contribution in [1.82, 2.24) is 15.6 Å². The van der Waals surface area contributed by atoms with Gasteiger partial charge in [-0.25, -0.2) is 9.98 Å². The first-order valence-electron chi connectivity index (χ1n) is 9.51. The summed E-state index contributed by atoms with van der Waals surface area (Å²) in [4.78, 5) is 8.82. The summed E-state index contributed by atoms with van der Waals surface area (Å²) in [6.07, 6.45) is 5.10. The van der Waals surface area contributed by atoms with Crippen molar-refractivity contribution in [3.05, 3.63) is 83.0 Å². The van der Waals surface area contributed by atoms with E-state index in [0.717, 1.165) is 54.5 Å². The number of benzene rings is 1. The quantitative estimate of drug-likeness (QED) is 0.317.